The Hall–Kier alpha value is 0.240. The van der Waals surface area contributed by atoms with Crippen molar-refractivity contribution in [3.8, 4) is 0 Å². The fourth-order valence-corrected chi connectivity index (χ4v) is 0.930. The highest BCUT2D eigenvalue weighted by atomic mass is 35.5. The lowest BCUT2D eigenvalue weighted by molar-refractivity contribution is 0.275. The maximum atomic E-state index is 8.98. The molecular formula is C5H3Cl3OS. The molecule has 1 nitrogen and oxygen atoms in total. The number of halogens is 3. The smallest absolute Gasteiger partial charge is 0.262 e. The minimum Gasteiger partial charge on any atom is -0.262 e. The van der Waals surface area contributed by atoms with Crippen LogP contribution in [-0.4, -0.2) is 4.70 Å². The minimum atomic E-state index is -0.889. The zero-order valence-electron chi connectivity index (χ0n) is 4.68. The van der Waals surface area contributed by atoms with E-state index in [9.17, 15) is 0 Å². The third kappa shape index (κ3) is 8.24. The summed E-state index contributed by atoms with van der Waals surface area (Å²) in [5, 5.41) is 1.95. The van der Waals surface area contributed by atoms with Crippen molar-refractivity contribution in [1.82, 2.24) is 0 Å². The lowest BCUT2D eigenvalue weighted by atomic mass is 10.7. The number of carbonyl (C=O) groups is 1. The predicted octanol–water partition coefficient (Wildman–Crippen LogP) is 3.99. The largest absolute Gasteiger partial charge is 0.313 e. The molecule has 0 atom stereocenters. The van der Waals surface area contributed by atoms with Gasteiger partial charge in [0, 0.05) is 0 Å². The second-order valence-electron chi connectivity index (χ2n) is 1.14. The molecule has 5 heteroatoms. The van der Waals surface area contributed by atoms with Crippen molar-refractivity contribution >= 4 is 50.8 Å². The van der Waals surface area contributed by atoms with Crippen molar-refractivity contribution in [3.63, 3.8) is 0 Å². The van der Waals surface area contributed by atoms with Gasteiger partial charge in [0.2, 0.25) is 0 Å². The summed E-state index contributed by atoms with van der Waals surface area (Å²) in [4.78, 5) is 8.98. The molecular weight excluding hydrogens is 214 g/mol. The monoisotopic (exact) mass is 216 g/mol. The molecule has 56 valence electrons. The normalized spacial score (nSPS) is 7.90. The predicted molar refractivity (Wildman–Crippen MR) is 46.4 cm³/mol. The molecule has 10 heavy (non-hydrogen) atoms. The molecule has 0 aromatic carbocycles. The van der Waals surface area contributed by atoms with Crippen LogP contribution < -0.4 is 0 Å². The molecule has 0 saturated heterocycles. The van der Waals surface area contributed by atoms with Gasteiger partial charge in [0.1, 0.15) is 0 Å². The van der Waals surface area contributed by atoms with E-state index in [1.165, 1.54) is 0 Å². The fraction of sp³-hybridized carbons (Fsp3) is 0. The summed E-state index contributed by atoms with van der Waals surface area (Å²) in [7, 11) is 0. The molecule has 0 N–H and O–H groups in total. The van der Waals surface area contributed by atoms with Crippen molar-refractivity contribution in [2.24, 2.45) is 0 Å². The van der Waals surface area contributed by atoms with Crippen LogP contribution in [0.3, 0.4) is 0 Å². The highest BCUT2D eigenvalue weighted by molar-refractivity contribution is 7.14. The first kappa shape index (κ1) is 10.2. The topological polar surface area (TPSA) is 17.1 Å². The standard InChI is InChI=1S/C4H3ClS.CCl2O/c5-4-2-1-3-6-4;2-1(3)4/h1-3H;. The zero-order valence-corrected chi connectivity index (χ0v) is 7.77. The van der Waals surface area contributed by atoms with E-state index in [2.05, 4.69) is 23.2 Å². The van der Waals surface area contributed by atoms with E-state index in [4.69, 9.17) is 16.4 Å². The molecule has 0 bridgehead atoms. The first-order valence-electron chi connectivity index (χ1n) is 2.17. The van der Waals surface area contributed by atoms with Gasteiger partial charge in [-0.05, 0) is 40.7 Å². The summed E-state index contributed by atoms with van der Waals surface area (Å²) in [6.07, 6.45) is 0. The van der Waals surface area contributed by atoms with Crippen LogP contribution in [-0.2, 0) is 0 Å². The summed E-state index contributed by atoms with van der Waals surface area (Å²) in [5.41, 5.74) is 0. The summed E-state index contributed by atoms with van der Waals surface area (Å²) < 4.78 is -0.0324. The fourth-order valence-electron chi connectivity index (χ4n) is 0.259. The lowest BCUT2D eigenvalue weighted by Gasteiger charge is -1.62. The molecule has 0 unspecified atom stereocenters. The van der Waals surface area contributed by atoms with Crippen molar-refractivity contribution in [2.45, 2.75) is 0 Å². The Kier molecular flexibility index (Phi) is 6.13. The van der Waals surface area contributed by atoms with Gasteiger partial charge in [0.05, 0.1) is 4.34 Å². The molecule has 1 rings (SSSR count). The minimum absolute atomic E-state index is 0.856. The average molecular weight is 218 g/mol. The van der Waals surface area contributed by atoms with Crippen LogP contribution in [0.25, 0.3) is 0 Å². The van der Waals surface area contributed by atoms with E-state index < -0.39 is 4.70 Å². The Morgan fingerprint density at radius 2 is 2.00 bits per heavy atom. The van der Waals surface area contributed by atoms with Gasteiger partial charge >= 0.3 is 4.70 Å². The van der Waals surface area contributed by atoms with Crippen LogP contribution in [0, 0.1) is 0 Å². The summed E-state index contributed by atoms with van der Waals surface area (Å²) >= 11 is 15.8. The molecule has 0 amide bonds. The second kappa shape index (κ2) is 5.98. The Bertz CT molecular complexity index is 181. The van der Waals surface area contributed by atoms with Crippen LogP contribution in [0.5, 0.6) is 0 Å². The van der Waals surface area contributed by atoms with Gasteiger partial charge < -0.3 is 0 Å². The van der Waals surface area contributed by atoms with Crippen molar-refractivity contribution in [1.29, 1.82) is 0 Å². The van der Waals surface area contributed by atoms with E-state index in [-0.39, 0.29) is 0 Å². The first-order valence-corrected chi connectivity index (χ1v) is 4.18. The Labute approximate surface area is 77.5 Å². The molecule has 0 saturated carbocycles. The lowest BCUT2D eigenvalue weighted by Crippen LogP contribution is -1.46. The summed E-state index contributed by atoms with van der Waals surface area (Å²) in [6, 6.07) is 3.79. The van der Waals surface area contributed by atoms with Crippen molar-refractivity contribution in [2.75, 3.05) is 0 Å². The third-order valence-electron chi connectivity index (χ3n) is 0.486. The van der Waals surface area contributed by atoms with Gasteiger partial charge in [-0.25, -0.2) is 0 Å². The number of carbonyl (C=O) groups excluding carboxylic acids is 1. The molecule has 0 spiro atoms. The van der Waals surface area contributed by atoms with Crippen LogP contribution in [0.4, 0.5) is 4.79 Å². The Balaban J connectivity index is 0.000000180. The SMILES string of the molecule is Clc1cccs1.O=C(Cl)Cl. The van der Waals surface area contributed by atoms with Gasteiger partial charge in [-0.1, -0.05) is 11.6 Å². The highest BCUT2D eigenvalue weighted by Crippen LogP contribution is 2.13. The molecule has 1 aromatic heterocycles. The van der Waals surface area contributed by atoms with Crippen LogP contribution >= 0.6 is 46.1 Å². The molecule has 0 aliphatic carbocycles. The second-order valence-corrected chi connectivity index (χ2v) is 3.60. The average Bonchev–Trinajstić information content (AvgIpc) is 2.15. The van der Waals surface area contributed by atoms with E-state index in [1.54, 1.807) is 11.3 Å². The molecule has 1 heterocycles. The maximum absolute atomic E-state index is 8.98. The molecule has 0 fully saturated rings. The van der Waals surface area contributed by atoms with Gasteiger partial charge in [-0.3, -0.25) is 4.79 Å². The van der Waals surface area contributed by atoms with Crippen LogP contribution in [0.15, 0.2) is 17.5 Å². The zero-order chi connectivity index (χ0) is 7.98. The third-order valence-corrected chi connectivity index (χ3v) is 1.53. The van der Waals surface area contributed by atoms with Gasteiger partial charge in [-0.15, -0.1) is 11.3 Å². The number of rotatable bonds is 0. The van der Waals surface area contributed by atoms with E-state index >= 15 is 0 Å². The number of hydrogen-bond acceptors (Lipinski definition) is 2. The van der Waals surface area contributed by atoms with Gasteiger partial charge in [-0.2, -0.15) is 0 Å². The highest BCUT2D eigenvalue weighted by Gasteiger charge is 1.77. The molecule has 1 aromatic rings. The van der Waals surface area contributed by atoms with Crippen molar-refractivity contribution < 1.29 is 4.79 Å². The summed E-state index contributed by atoms with van der Waals surface area (Å²) in [6.45, 7) is 0. The van der Waals surface area contributed by atoms with E-state index in [0.717, 1.165) is 4.34 Å². The summed E-state index contributed by atoms with van der Waals surface area (Å²) in [5.74, 6) is 0. The molecule has 0 aliphatic rings. The Morgan fingerprint density at radius 1 is 1.50 bits per heavy atom. The first-order chi connectivity index (χ1) is 4.63. The van der Waals surface area contributed by atoms with E-state index in [0.29, 0.717) is 0 Å². The van der Waals surface area contributed by atoms with Gasteiger partial charge in [0.15, 0.2) is 0 Å². The number of hydrogen-bond donors (Lipinski definition) is 0. The maximum Gasteiger partial charge on any atom is 0.313 e. The number of thiophene rings is 1. The van der Waals surface area contributed by atoms with Gasteiger partial charge in [0.25, 0.3) is 0 Å². The van der Waals surface area contributed by atoms with Crippen molar-refractivity contribution in [3.05, 3.63) is 21.8 Å². The molecule has 0 radical (unpaired) electrons. The quantitative estimate of drug-likeness (QED) is 0.601. The van der Waals surface area contributed by atoms with E-state index in [1.807, 2.05) is 17.5 Å². The van der Waals surface area contributed by atoms with Crippen LogP contribution in [0.2, 0.25) is 4.34 Å². The molecule has 0 aliphatic heterocycles. The Morgan fingerprint density at radius 3 is 2.10 bits per heavy atom. The van der Waals surface area contributed by atoms with Crippen LogP contribution in [0.1, 0.15) is 0 Å².